The molecule has 0 saturated heterocycles. The Kier molecular flexibility index (Phi) is 3.88. The molecule has 0 saturated carbocycles. The number of ether oxygens (including phenoxy) is 1. The van der Waals surface area contributed by atoms with Gasteiger partial charge in [0.25, 0.3) is 0 Å². The maximum Gasteiger partial charge on any atom is 0.0751 e. The fourth-order valence-electron chi connectivity index (χ4n) is 2.45. The topological polar surface area (TPSA) is 21.3 Å². The Bertz CT molecular complexity index is 642. The van der Waals surface area contributed by atoms with E-state index < -0.39 is 0 Å². The molecular weight excluding hydrogens is 293 g/mol. The van der Waals surface area contributed by atoms with E-state index in [4.69, 9.17) is 27.9 Å². The van der Waals surface area contributed by atoms with Crippen molar-refractivity contribution < 1.29 is 4.74 Å². The van der Waals surface area contributed by atoms with Crippen LogP contribution in [-0.4, -0.2) is 6.61 Å². The summed E-state index contributed by atoms with van der Waals surface area (Å²) in [6.07, 6.45) is 0. The van der Waals surface area contributed by atoms with Gasteiger partial charge >= 0.3 is 0 Å². The van der Waals surface area contributed by atoms with Crippen molar-refractivity contribution >= 4 is 28.9 Å². The SMILES string of the molecule is Cc1cc(Cl)c(NC2COCc3ccccc32)cc1Cl. The first-order valence-corrected chi connectivity index (χ1v) is 7.28. The Morgan fingerprint density at radius 2 is 1.95 bits per heavy atom. The lowest BCUT2D eigenvalue weighted by Gasteiger charge is -2.27. The minimum absolute atomic E-state index is 0.0937. The Morgan fingerprint density at radius 1 is 1.15 bits per heavy atom. The molecule has 0 amide bonds. The van der Waals surface area contributed by atoms with Crippen molar-refractivity contribution in [1.82, 2.24) is 0 Å². The summed E-state index contributed by atoms with van der Waals surface area (Å²) in [5.74, 6) is 0. The second kappa shape index (κ2) is 5.65. The van der Waals surface area contributed by atoms with Crippen molar-refractivity contribution in [3.05, 3.63) is 63.1 Å². The summed E-state index contributed by atoms with van der Waals surface area (Å²) in [6.45, 7) is 3.23. The predicted molar refractivity (Wildman–Crippen MR) is 83.7 cm³/mol. The molecule has 2 aromatic rings. The van der Waals surface area contributed by atoms with Gasteiger partial charge < -0.3 is 10.1 Å². The summed E-state index contributed by atoms with van der Waals surface area (Å²) in [7, 11) is 0. The molecule has 20 heavy (non-hydrogen) atoms. The maximum absolute atomic E-state index is 6.29. The summed E-state index contributed by atoms with van der Waals surface area (Å²) >= 11 is 12.5. The number of hydrogen-bond acceptors (Lipinski definition) is 2. The van der Waals surface area contributed by atoms with Crippen LogP contribution in [0.2, 0.25) is 10.0 Å². The molecule has 1 N–H and O–H groups in total. The van der Waals surface area contributed by atoms with Gasteiger partial charge in [-0.25, -0.2) is 0 Å². The van der Waals surface area contributed by atoms with Crippen LogP contribution in [0.5, 0.6) is 0 Å². The molecule has 0 aliphatic carbocycles. The average Bonchev–Trinajstić information content (AvgIpc) is 2.45. The lowest BCUT2D eigenvalue weighted by molar-refractivity contribution is 0.0970. The number of rotatable bonds is 2. The molecule has 0 fully saturated rings. The molecule has 104 valence electrons. The molecule has 1 heterocycles. The molecule has 1 unspecified atom stereocenters. The quantitative estimate of drug-likeness (QED) is 0.844. The third-order valence-corrected chi connectivity index (χ3v) is 4.27. The van der Waals surface area contributed by atoms with Gasteiger partial charge in [0.05, 0.1) is 30.0 Å². The molecule has 0 radical (unpaired) electrons. The largest absolute Gasteiger partial charge is 0.375 e. The predicted octanol–water partition coefficient (Wildman–Crippen LogP) is 4.99. The molecule has 0 aromatic heterocycles. The second-order valence-corrected chi connectivity index (χ2v) is 5.81. The minimum Gasteiger partial charge on any atom is -0.375 e. The van der Waals surface area contributed by atoms with Crippen molar-refractivity contribution in [3.8, 4) is 0 Å². The van der Waals surface area contributed by atoms with Crippen LogP contribution in [0.3, 0.4) is 0 Å². The number of nitrogens with one attached hydrogen (secondary N) is 1. The summed E-state index contributed by atoms with van der Waals surface area (Å²) in [6, 6.07) is 12.1. The number of halogens is 2. The van der Waals surface area contributed by atoms with Gasteiger partial charge in [-0.1, -0.05) is 47.5 Å². The van der Waals surface area contributed by atoms with Gasteiger partial charge in [0, 0.05) is 5.02 Å². The van der Waals surface area contributed by atoms with E-state index in [1.807, 2.05) is 31.2 Å². The Morgan fingerprint density at radius 3 is 2.80 bits per heavy atom. The summed E-state index contributed by atoms with van der Waals surface area (Å²) in [4.78, 5) is 0. The zero-order valence-corrected chi connectivity index (χ0v) is 12.6. The number of hydrogen-bond donors (Lipinski definition) is 1. The van der Waals surface area contributed by atoms with E-state index in [0.717, 1.165) is 11.3 Å². The first-order valence-electron chi connectivity index (χ1n) is 6.53. The van der Waals surface area contributed by atoms with E-state index in [9.17, 15) is 0 Å². The third kappa shape index (κ3) is 2.64. The lowest BCUT2D eigenvalue weighted by atomic mass is 9.99. The van der Waals surface area contributed by atoms with Crippen molar-refractivity contribution in [2.24, 2.45) is 0 Å². The van der Waals surface area contributed by atoms with E-state index in [0.29, 0.717) is 23.3 Å². The van der Waals surface area contributed by atoms with E-state index >= 15 is 0 Å². The van der Waals surface area contributed by atoms with Crippen LogP contribution in [0.4, 0.5) is 5.69 Å². The number of benzene rings is 2. The molecule has 3 rings (SSSR count). The normalized spacial score (nSPS) is 17.6. The molecule has 4 heteroatoms. The summed E-state index contributed by atoms with van der Waals surface area (Å²) < 4.78 is 5.64. The van der Waals surface area contributed by atoms with Gasteiger partial charge in [-0.2, -0.15) is 0 Å². The average molecular weight is 308 g/mol. The molecule has 0 spiro atoms. The van der Waals surface area contributed by atoms with Crippen molar-refractivity contribution in [1.29, 1.82) is 0 Å². The molecular formula is C16H15Cl2NO. The fraction of sp³-hybridized carbons (Fsp3) is 0.250. The fourth-order valence-corrected chi connectivity index (χ4v) is 2.88. The van der Waals surface area contributed by atoms with Crippen molar-refractivity contribution in [2.75, 3.05) is 11.9 Å². The molecule has 1 aliphatic rings. The highest BCUT2D eigenvalue weighted by molar-refractivity contribution is 6.35. The highest BCUT2D eigenvalue weighted by atomic mass is 35.5. The van der Waals surface area contributed by atoms with E-state index in [2.05, 4.69) is 17.4 Å². The van der Waals surface area contributed by atoms with Gasteiger partial charge in [0.1, 0.15) is 0 Å². The highest BCUT2D eigenvalue weighted by Gasteiger charge is 2.21. The van der Waals surface area contributed by atoms with Crippen LogP contribution in [0.25, 0.3) is 0 Å². The first-order chi connectivity index (χ1) is 9.65. The first kappa shape index (κ1) is 13.7. The number of fused-ring (bicyclic) bond motifs is 1. The standard InChI is InChI=1S/C16H15Cl2NO/c1-10-6-14(18)15(7-13(10)17)19-16-9-20-8-11-4-2-3-5-12(11)16/h2-7,16,19H,8-9H2,1H3. The Labute approximate surface area is 128 Å². The summed E-state index contributed by atoms with van der Waals surface area (Å²) in [5.41, 5.74) is 4.28. The van der Waals surface area contributed by atoms with E-state index in [1.165, 1.54) is 11.1 Å². The van der Waals surface area contributed by atoms with Crippen molar-refractivity contribution in [3.63, 3.8) is 0 Å². The zero-order chi connectivity index (χ0) is 14.1. The van der Waals surface area contributed by atoms with Gasteiger partial charge in [-0.05, 0) is 35.7 Å². The van der Waals surface area contributed by atoms with Gasteiger partial charge in [-0.15, -0.1) is 0 Å². The van der Waals surface area contributed by atoms with Crippen LogP contribution in [0, 0.1) is 6.92 Å². The smallest absolute Gasteiger partial charge is 0.0751 e. The maximum atomic E-state index is 6.29. The van der Waals surface area contributed by atoms with Gasteiger partial charge in [-0.3, -0.25) is 0 Å². The molecule has 2 aromatic carbocycles. The van der Waals surface area contributed by atoms with Gasteiger partial charge in [0.2, 0.25) is 0 Å². The van der Waals surface area contributed by atoms with Crippen LogP contribution in [0.1, 0.15) is 22.7 Å². The third-order valence-electron chi connectivity index (χ3n) is 3.55. The van der Waals surface area contributed by atoms with Gasteiger partial charge in [0.15, 0.2) is 0 Å². The van der Waals surface area contributed by atoms with E-state index in [-0.39, 0.29) is 6.04 Å². The molecule has 0 bridgehead atoms. The zero-order valence-electron chi connectivity index (χ0n) is 11.1. The van der Waals surface area contributed by atoms with E-state index in [1.54, 1.807) is 0 Å². The molecule has 2 nitrogen and oxygen atoms in total. The number of aryl methyl sites for hydroxylation is 1. The molecule has 1 atom stereocenters. The second-order valence-electron chi connectivity index (χ2n) is 4.99. The molecule has 1 aliphatic heterocycles. The van der Waals surface area contributed by atoms with Crippen LogP contribution < -0.4 is 5.32 Å². The Hall–Kier alpha value is -1.22. The summed E-state index contributed by atoms with van der Waals surface area (Å²) in [5, 5.41) is 4.82. The van der Waals surface area contributed by atoms with Crippen LogP contribution in [0.15, 0.2) is 36.4 Å². The highest BCUT2D eigenvalue weighted by Crippen LogP contribution is 2.33. The lowest BCUT2D eigenvalue weighted by Crippen LogP contribution is -2.23. The monoisotopic (exact) mass is 307 g/mol. The van der Waals surface area contributed by atoms with Crippen LogP contribution in [-0.2, 0) is 11.3 Å². The Balaban J connectivity index is 1.91. The van der Waals surface area contributed by atoms with Crippen molar-refractivity contribution in [2.45, 2.75) is 19.6 Å². The minimum atomic E-state index is 0.0937. The van der Waals surface area contributed by atoms with Crippen LogP contribution >= 0.6 is 23.2 Å². The number of anilines is 1.